The Bertz CT molecular complexity index is 213. The third-order valence-corrected chi connectivity index (χ3v) is 3.21. The normalized spacial score (nSPS) is 13.5. The zero-order chi connectivity index (χ0) is 7.56. The molecule has 1 aromatic heterocycles. The molecule has 56 valence electrons. The Morgan fingerprint density at radius 2 is 2.60 bits per heavy atom. The van der Waals surface area contributed by atoms with Crippen LogP contribution in [0, 0.1) is 6.92 Å². The molecule has 2 nitrogen and oxygen atoms in total. The van der Waals surface area contributed by atoms with Crippen molar-refractivity contribution in [1.82, 2.24) is 4.98 Å². The van der Waals surface area contributed by atoms with Gasteiger partial charge >= 0.3 is 0 Å². The predicted molar refractivity (Wildman–Crippen MR) is 52.7 cm³/mol. The van der Waals surface area contributed by atoms with Crippen LogP contribution >= 0.6 is 32.5 Å². The minimum atomic E-state index is -0.789. The van der Waals surface area contributed by atoms with Gasteiger partial charge in [0.15, 0.2) is 5.75 Å². The Kier molecular flexibility index (Phi) is 3.41. The number of aromatic nitrogens is 1. The fraction of sp³-hybridized carbons (Fsp3) is 0.400. The van der Waals surface area contributed by atoms with E-state index in [2.05, 4.69) is 4.98 Å². The SMILES string of the molecule is Cc1nc(C[S+]([O-])I)cs1. The number of hydrogen-bond acceptors (Lipinski definition) is 3. The fourth-order valence-corrected chi connectivity index (χ4v) is 2.65. The number of halogens is 1. The van der Waals surface area contributed by atoms with Crippen LogP contribution in [0.3, 0.4) is 0 Å². The molecule has 1 rings (SSSR count). The molecular weight excluding hydrogens is 281 g/mol. The maximum absolute atomic E-state index is 10.7. The third-order valence-electron chi connectivity index (χ3n) is 0.928. The minimum absolute atomic E-state index is 0.574. The molecule has 0 saturated heterocycles. The van der Waals surface area contributed by atoms with Crippen molar-refractivity contribution in [2.75, 3.05) is 0 Å². The Morgan fingerprint density at radius 1 is 1.90 bits per heavy atom. The first-order chi connectivity index (χ1) is 4.68. The lowest BCUT2D eigenvalue weighted by atomic mass is 10.6. The Hall–Kier alpha value is 0.670. The molecule has 1 atom stereocenters. The molecule has 1 unspecified atom stereocenters. The second-order valence-electron chi connectivity index (χ2n) is 1.79. The Balaban J connectivity index is 2.58. The fourth-order valence-electron chi connectivity index (χ4n) is 0.591. The number of thiazole rings is 1. The van der Waals surface area contributed by atoms with Gasteiger partial charge < -0.3 is 4.55 Å². The molecule has 0 aliphatic heterocycles. The standard InChI is InChI=1S/C5H6INOS2/c1-4-7-5(2-9-4)3-10(6)8/h2H,3H2,1H3. The molecule has 0 radical (unpaired) electrons. The first kappa shape index (κ1) is 8.76. The first-order valence-electron chi connectivity index (χ1n) is 2.64. The van der Waals surface area contributed by atoms with Crippen LogP contribution in [0.25, 0.3) is 0 Å². The van der Waals surface area contributed by atoms with Gasteiger partial charge in [0, 0.05) is 13.7 Å². The van der Waals surface area contributed by atoms with Crippen molar-refractivity contribution < 1.29 is 4.55 Å². The van der Waals surface area contributed by atoms with Crippen LogP contribution in [0.1, 0.15) is 10.7 Å². The maximum Gasteiger partial charge on any atom is 0.248 e. The molecule has 0 fully saturated rings. The molecule has 0 aliphatic carbocycles. The van der Waals surface area contributed by atoms with Crippen LogP contribution in [-0.2, 0) is 14.1 Å². The highest BCUT2D eigenvalue weighted by Crippen LogP contribution is 2.14. The highest BCUT2D eigenvalue weighted by molar-refractivity contribution is 14.2. The summed E-state index contributed by atoms with van der Waals surface area (Å²) in [6.07, 6.45) is 0. The van der Waals surface area contributed by atoms with Gasteiger partial charge in [0.05, 0.1) is 5.01 Å². The second-order valence-corrected chi connectivity index (χ2v) is 6.67. The van der Waals surface area contributed by atoms with Crippen LogP contribution in [0.4, 0.5) is 0 Å². The largest absolute Gasteiger partial charge is 0.608 e. The van der Waals surface area contributed by atoms with E-state index in [4.69, 9.17) is 0 Å². The molecule has 1 aromatic rings. The summed E-state index contributed by atoms with van der Waals surface area (Å²) < 4.78 is 10.7. The van der Waals surface area contributed by atoms with Gasteiger partial charge in [-0.05, 0) is 6.92 Å². The van der Waals surface area contributed by atoms with Crippen LogP contribution < -0.4 is 0 Å². The predicted octanol–water partition coefficient (Wildman–Crippen LogP) is 2.05. The Morgan fingerprint density at radius 3 is 3.00 bits per heavy atom. The number of rotatable bonds is 2. The number of hydrogen-bond donors (Lipinski definition) is 0. The molecular formula is C5H6INOS2. The number of nitrogens with zero attached hydrogens (tertiary/aromatic N) is 1. The van der Waals surface area contributed by atoms with Crippen LogP contribution in [0.5, 0.6) is 0 Å². The molecule has 1 heterocycles. The molecule has 5 heteroatoms. The summed E-state index contributed by atoms with van der Waals surface area (Å²) in [5, 5.41) is 2.99. The molecule has 0 aliphatic rings. The Labute approximate surface area is 78.8 Å². The highest BCUT2D eigenvalue weighted by Gasteiger charge is 2.05. The molecule has 0 bridgehead atoms. The van der Waals surface area contributed by atoms with Gasteiger partial charge in [0.1, 0.15) is 5.69 Å². The zero-order valence-electron chi connectivity index (χ0n) is 5.33. The topological polar surface area (TPSA) is 36.0 Å². The number of aryl methyl sites for hydroxylation is 1. The smallest absolute Gasteiger partial charge is 0.248 e. The van der Waals surface area contributed by atoms with Crippen molar-refractivity contribution in [1.29, 1.82) is 0 Å². The van der Waals surface area contributed by atoms with Crippen molar-refractivity contribution in [3.8, 4) is 0 Å². The minimum Gasteiger partial charge on any atom is -0.608 e. The second kappa shape index (κ2) is 3.89. The lowest BCUT2D eigenvalue weighted by Gasteiger charge is -1.96. The van der Waals surface area contributed by atoms with Crippen molar-refractivity contribution in [2.24, 2.45) is 0 Å². The van der Waals surface area contributed by atoms with Gasteiger partial charge in [-0.1, -0.05) is 0 Å². The lowest BCUT2D eigenvalue weighted by Crippen LogP contribution is -1.94. The van der Waals surface area contributed by atoms with Crippen molar-refractivity contribution in [3.05, 3.63) is 16.1 Å². The van der Waals surface area contributed by atoms with Gasteiger partial charge in [0.2, 0.25) is 21.2 Å². The van der Waals surface area contributed by atoms with Gasteiger partial charge in [-0.25, -0.2) is 4.98 Å². The lowest BCUT2D eigenvalue weighted by molar-refractivity contribution is 0.610. The summed E-state index contributed by atoms with van der Waals surface area (Å²) in [7, 11) is -0.789. The van der Waals surface area contributed by atoms with Crippen LogP contribution in [-0.4, -0.2) is 9.54 Å². The van der Waals surface area contributed by atoms with E-state index in [-0.39, 0.29) is 0 Å². The van der Waals surface area contributed by atoms with E-state index in [9.17, 15) is 4.55 Å². The van der Waals surface area contributed by atoms with Crippen molar-refractivity contribution >= 4 is 40.9 Å². The van der Waals surface area contributed by atoms with E-state index in [1.54, 1.807) is 11.3 Å². The maximum atomic E-state index is 10.7. The zero-order valence-corrected chi connectivity index (χ0v) is 9.12. The molecule has 0 saturated carbocycles. The van der Waals surface area contributed by atoms with E-state index < -0.39 is 8.35 Å². The van der Waals surface area contributed by atoms with Gasteiger partial charge in [0.25, 0.3) is 0 Å². The van der Waals surface area contributed by atoms with E-state index in [0.29, 0.717) is 5.75 Å². The quantitative estimate of drug-likeness (QED) is 0.616. The summed E-state index contributed by atoms with van der Waals surface area (Å²) in [6.45, 7) is 1.95. The summed E-state index contributed by atoms with van der Waals surface area (Å²) in [5.41, 5.74) is 0.940. The summed E-state index contributed by atoms with van der Waals surface area (Å²) in [6, 6.07) is 0. The van der Waals surface area contributed by atoms with Gasteiger partial charge in [-0.15, -0.1) is 11.3 Å². The van der Waals surface area contributed by atoms with Gasteiger partial charge in [-0.2, -0.15) is 0 Å². The van der Waals surface area contributed by atoms with Crippen LogP contribution in [0.15, 0.2) is 5.38 Å². The van der Waals surface area contributed by atoms with Crippen LogP contribution in [0.2, 0.25) is 0 Å². The van der Waals surface area contributed by atoms with Crippen molar-refractivity contribution in [3.63, 3.8) is 0 Å². The van der Waals surface area contributed by atoms with Gasteiger partial charge in [-0.3, -0.25) is 0 Å². The average molecular weight is 287 g/mol. The molecule has 0 N–H and O–H groups in total. The highest BCUT2D eigenvalue weighted by atomic mass is 127. The van der Waals surface area contributed by atoms with E-state index in [1.165, 1.54) is 0 Å². The summed E-state index contributed by atoms with van der Waals surface area (Å²) in [4.78, 5) is 4.17. The molecule has 0 amide bonds. The summed E-state index contributed by atoms with van der Waals surface area (Å²) >= 11 is 3.49. The van der Waals surface area contributed by atoms with Crippen molar-refractivity contribution in [2.45, 2.75) is 12.7 Å². The summed E-state index contributed by atoms with van der Waals surface area (Å²) in [5.74, 6) is 0.574. The first-order valence-corrected chi connectivity index (χ1v) is 7.38. The third kappa shape index (κ3) is 2.73. The van der Waals surface area contributed by atoms with E-state index in [0.717, 1.165) is 10.7 Å². The molecule has 10 heavy (non-hydrogen) atoms. The molecule has 0 aromatic carbocycles. The monoisotopic (exact) mass is 287 g/mol. The average Bonchev–Trinajstić information content (AvgIpc) is 2.13. The molecule has 0 spiro atoms. The van der Waals surface area contributed by atoms with E-state index in [1.807, 2.05) is 33.5 Å². The van der Waals surface area contributed by atoms with E-state index >= 15 is 0 Å².